The predicted octanol–water partition coefficient (Wildman–Crippen LogP) is 0.688. The number of hydrogen-bond acceptors (Lipinski definition) is 5. The minimum atomic E-state index is -4.44. The van der Waals surface area contributed by atoms with Crippen LogP contribution < -0.4 is 9.62 Å². The van der Waals surface area contributed by atoms with Gasteiger partial charge in [-0.05, 0) is 19.1 Å². The number of carbonyl (C=O) groups is 1. The normalized spacial score (nSPS) is 16.2. The maximum Gasteiger partial charge on any atom is 0.416 e. The van der Waals surface area contributed by atoms with Crippen LogP contribution in [-0.2, 0) is 21.0 Å². The van der Waals surface area contributed by atoms with Crippen molar-refractivity contribution in [2.45, 2.75) is 13.1 Å². The average molecular weight is 380 g/mol. The topological polar surface area (TPSA) is 82.6 Å². The summed E-state index contributed by atoms with van der Waals surface area (Å²) >= 11 is 0. The van der Waals surface area contributed by atoms with Gasteiger partial charge in [-0.15, -0.1) is 0 Å². The summed E-state index contributed by atoms with van der Waals surface area (Å²) in [7, 11) is -3.45. The lowest BCUT2D eigenvalue weighted by Gasteiger charge is -2.35. The molecule has 11 heteroatoms. The van der Waals surface area contributed by atoms with Crippen molar-refractivity contribution >= 4 is 21.7 Å². The van der Waals surface area contributed by atoms with Crippen molar-refractivity contribution in [1.82, 2.24) is 14.6 Å². The molecule has 1 aromatic rings. The summed E-state index contributed by atoms with van der Waals surface area (Å²) in [6.45, 7) is 2.35. The Bertz CT molecular complexity index is 716. The van der Waals surface area contributed by atoms with Crippen molar-refractivity contribution in [1.29, 1.82) is 0 Å². The zero-order valence-corrected chi connectivity index (χ0v) is 14.4. The zero-order valence-electron chi connectivity index (χ0n) is 13.6. The Labute approximate surface area is 143 Å². The molecular weight excluding hydrogens is 361 g/mol. The summed E-state index contributed by atoms with van der Waals surface area (Å²) in [4.78, 5) is 19.1. The molecule has 1 fully saturated rings. The van der Waals surface area contributed by atoms with Crippen LogP contribution in [0.15, 0.2) is 18.3 Å². The molecule has 0 radical (unpaired) electrons. The largest absolute Gasteiger partial charge is 0.416 e. The molecule has 2 rings (SSSR count). The predicted molar refractivity (Wildman–Crippen MR) is 85.5 cm³/mol. The van der Waals surface area contributed by atoms with Gasteiger partial charge >= 0.3 is 6.18 Å². The van der Waals surface area contributed by atoms with E-state index in [1.54, 1.807) is 4.90 Å². The van der Waals surface area contributed by atoms with E-state index in [0.717, 1.165) is 18.3 Å². The molecule has 0 spiro atoms. The molecule has 0 atom stereocenters. The van der Waals surface area contributed by atoms with Crippen molar-refractivity contribution in [3.63, 3.8) is 0 Å². The van der Waals surface area contributed by atoms with Crippen LogP contribution in [0.1, 0.15) is 12.5 Å². The van der Waals surface area contributed by atoms with Crippen LogP contribution in [0.2, 0.25) is 0 Å². The summed E-state index contributed by atoms with van der Waals surface area (Å²) < 4.78 is 63.2. The number of alkyl halides is 3. The van der Waals surface area contributed by atoms with E-state index in [1.807, 2.05) is 0 Å². The molecule has 2 heterocycles. The van der Waals surface area contributed by atoms with E-state index in [1.165, 1.54) is 11.8 Å². The lowest BCUT2D eigenvalue weighted by atomic mass is 10.2. The molecular formula is C14H19F3N4O3S. The third-order valence-corrected chi connectivity index (χ3v) is 5.20. The fraction of sp³-hybridized carbons (Fsp3) is 0.571. The smallest absolute Gasteiger partial charge is 0.353 e. The van der Waals surface area contributed by atoms with Gasteiger partial charge in [-0.25, -0.2) is 18.1 Å². The number of pyridine rings is 1. The van der Waals surface area contributed by atoms with Gasteiger partial charge in [-0.1, -0.05) is 0 Å². The first kappa shape index (κ1) is 19.4. The minimum absolute atomic E-state index is 0.116. The molecule has 1 aliphatic rings. The molecule has 0 bridgehead atoms. The number of carbonyl (C=O) groups excluding carboxylic acids is 1. The number of nitrogens with one attached hydrogen (secondary N) is 1. The molecule has 1 amide bonds. The van der Waals surface area contributed by atoms with Crippen molar-refractivity contribution < 1.29 is 26.4 Å². The number of piperazine rings is 1. The summed E-state index contributed by atoms with van der Waals surface area (Å²) in [5, 5.41) is 0. The van der Waals surface area contributed by atoms with Gasteiger partial charge in [0.25, 0.3) is 0 Å². The number of hydrogen-bond donors (Lipinski definition) is 1. The fourth-order valence-electron chi connectivity index (χ4n) is 2.34. The third-order valence-electron chi connectivity index (χ3n) is 3.85. The van der Waals surface area contributed by atoms with Crippen molar-refractivity contribution in [2.75, 3.05) is 43.4 Å². The standard InChI is InChI=1S/C14H19F3N4O3S/c1-2-25(23,24)19-10-13(22)21-7-5-20(6-8-21)12-9-11(3-4-18-12)14(15,16)17/h3-4,9,19H,2,5-8,10H2,1H3. The van der Waals surface area contributed by atoms with Crippen molar-refractivity contribution in [2.24, 2.45) is 0 Å². The Hall–Kier alpha value is -1.88. The highest BCUT2D eigenvalue weighted by Crippen LogP contribution is 2.30. The number of nitrogens with zero attached hydrogens (tertiary/aromatic N) is 3. The zero-order chi connectivity index (χ0) is 18.7. The second-order valence-electron chi connectivity index (χ2n) is 5.49. The molecule has 1 aromatic heterocycles. The monoisotopic (exact) mass is 380 g/mol. The third kappa shape index (κ3) is 5.30. The summed E-state index contributed by atoms with van der Waals surface area (Å²) in [6, 6.07) is 1.88. The number of amides is 1. The summed E-state index contributed by atoms with van der Waals surface area (Å²) in [5.41, 5.74) is -0.773. The number of anilines is 1. The van der Waals surface area contributed by atoms with Crippen LogP contribution in [0, 0.1) is 0 Å². The number of halogens is 3. The van der Waals surface area contributed by atoms with Crippen LogP contribution in [0.3, 0.4) is 0 Å². The van der Waals surface area contributed by atoms with E-state index in [0.29, 0.717) is 13.1 Å². The Morgan fingerprint density at radius 1 is 1.28 bits per heavy atom. The highest BCUT2D eigenvalue weighted by Gasteiger charge is 2.31. The average Bonchev–Trinajstić information content (AvgIpc) is 2.59. The van der Waals surface area contributed by atoms with Gasteiger partial charge in [-0.3, -0.25) is 4.79 Å². The quantitative estimate of drug-likeness (QED) is 0.813. The molecule has 0 aromatic carbocycles. The van der Waals surface area contributed by atoms with Crippen LogP contribution >= 0.6 is 0 Å². The molecule has 1 saturated heterocycles. The molecule has 0 unspecified atom stereocenters. The van der Waals surface area contributed by atoms with E-state index in [-0.39, 0.29) is 37.1 Å². The Kier molecular flexibility index (Phi) is 5.88. The lowest BCUT2D eigenvalue weighted by molar-refractivity contribution is -0.137. The lowest BCUT2D eigenvalue weighted by Crippen LogP contribution is -2.51. The summed E-state index contributed by atoms with van der Waals surface area (Å²) in [5.74, 6) is -0.280. The van der Waals surface area contributed by atoms with Crippen LogP contribution in [0.4, 0.5) is 19.0 Å². The van der Waals surface area contributed by atoms with Crippen LogP contribution in [-0.4, -0.2) is 62.7 Å². The van der Waals surface area contributed by atoms with E-state index in [4.69, 9.17) is 0 Å². The SMILES string of the molecule is CCS(=O)(=O)NCC(=O)N1CCN(c2cc(C(F)(F)F)ccn2)CC1. The van der Waals surface area contributed by atoms with Gasteiger partial charge < -0.3 is 9.80 Å². The van der Waals surface area contributed by atoms with Crippen LogP contribution in [0.25, 0.3) is 0 Å². The molecule has 25 heavy (non-hydrogen) atoms. The Morgan fingerprint density at radius 2 is 1.92 bits per heavy atom. The maximum atomic E-state index is 12.8. The second-order valence-corrected chi connectivity index (χ2v) is 7.59. The van der Waals surface area contributed by atoms with Gasteiger partial charge in [0.2, 0.25) is 15.9 Å². The van der Waals surface area contributed by atoms with Gasteiger partial charge in [0.15, 0.2) is 0 Å². The minimum Gasteiger partial charge on any atom is -0.353 e. The first-order valence-corrected chi connectivity index (χ1v) is 9.31. The number of aromatic nitrogens is 1. The van der Waals surface area contributed by atoms with Gasteiger partial charge in [0.05, 0.1) is 17.9 Å². The van der Waals surface area contributed by atoms with E-state index in [2.05, 4.69) is 9.71 Å². The molecule has 1 N–H and O–H groups in total. The maximum absolute atomic E-state index is 12.8. The van der Waals surface area contributed by atoms with E-state index in [9.17, 15) is 26.4 Å². The van der Waals surface area contributed by atoms with Crippen LogP contribution in [0.5, 0.6) is 0 Å². The Morgan fingerprint density at radius 3 is 2.48 bits per heavy atom. The molecule has 7 nitrogen and oxygen atoms in total. The fourth-order valence-corrected chi connectivity index (χ4v) is 2.89. The first-order chi connectivity index (χ1) is 11.6. The summed E-state index contributed by atoms with van der Waals surface area (Å²) in [6.07, 6.45) is -3.33. The molecule has 0 saturated carbocycles. The molecule has 1 aliphatic heterocycles. The van der Waals surface area contributed by atoms with Gasteiger partial charge in [0, 0.05) is 32.4 Å². The number of rotatable bonds is 5. The molecule has 140 valence electrons. The second kappa shape index (κ2) is 7.56. The van der Waals surface area contributed by atoms with E-state index < -0.39 is 21.8 Å². The van der Waals surface area contributed by atoms with Gasteiger partial charge in [0.1, 0.15) is 5.82 Å². The van der Waals surface area contributed by atoms with Crippen molar-refractivity contribution in [3.05, 3.63) is 23.9 Å². The highest BCUT2D eigenvalue weighted by atomic mass is 32.2. The number of sulfonamides is 1. The van der Waals surface area contributed by atoms with Gasteiger partial charge in [-0.2, -0.15) is 13.2 Å². The first-order valence-electron chi connectivity index (χ1n) is 7.65. The van der Waals surface area contributed by atoms with Crippen molar-refractivity contribution in [3.8, 4) is 0 Å². The highest BCUT2D eigenvalue weighted by molar-refractivity contribution is 7.89. The van der Waals surface area contributed by atoms with E-state index >= 15 is 0 Å². The Balaban J connectivity index is 1.92. The molecule has 0 aliphatic carbocycles.